The van der Waals surface area contributed by atoms with Gasteiger partial charge in [0.05, 0.1) is 4.92 Å². The lowest BCUT2D eigenvalue weighted by atomic mass is 10.2. The molecule has 2 aromatic rings. The van der Waals surface area contributed by atoms with Gasteiger partial charge in [-0.1, -0.05) is 19.1 Å². The van der Waals surface area contributed by atoms with Crippen molar-refractivity contribution in [2.75, 3.05) is 5.32 Å². The lowest BCUT2D eigenvalue weighted by Gasteiger charge is -2.06. The van der Waals surface area contributed by atoms with Crippen molar-refractivity contribution in [3.05, 3.63) is 45.6 Å². The van der Waals surface area contributed by atoms with E-state index < -0.39 is 4.92 Å². The average Bonchev–Trinajstić information content (AvgIpc) is 2.74. The van der Waals surface area contributed by atoms with Crippen LogP contribution in [0.5, 0.6) is 5.75 Å². The van der Waals surface area contributed by atoms with Crippen molar-refractivity contribution in [3.63, 3.8) is 0 Å². The van der Waals surface area contributed by atoms with E-state index >= 15 is 0 Å². The summed E-state index contributed by atoms with van der Waals surface area (Å²) in [5.74, 6) is 0.577. The summed E-state index contributed by atoms with van der Waals surface area (Å²) in [6.45, 7) is 2.25. The topological polar surface area (TPSA) is 93.2 Å². The Kier molecular flexibility index (Phi) is 3.88. The third-order valence-electron chi connectivity index (χ3n) is 3.01. The van der Waals surface area contributed by atoms with Crippen molar-refractivity contribution in [1.82, 2.24) is 9.78 Å². The number of benzene rings is 1. The van der Waals surface area contributed by atoms with Crippen molar-refractivity contribution in [2.24, 2.45) is 7.05 Å². The van der Waals surface area contributed by atoms with Crippen molar-refractivity contribution >= 4 is 11.5 Å². The Morgan fingerprint density at radius 2 is 2.05 bits per heavy atom. The summed E-state index contributed by atoms with van der Waals surface area (Å²) in [6.07, 6.45) is 0.505. The Balaban J connectivity index is 2.22. The van der Waals surface area contributed by atoms with Crippen LogP contribution in [0, 0.1) is 10.1 Å². The summed E-state index contributed by atoms with van der Waals surface area (Å²) < 4.78 is 1.48. The first-order valence-corrected chi connectivity index (χ1v) is 6.25. The molecular formula is C13H16N4O3. The molecule has 7 nitrogen and oxygen atoms in total. The van der Waals surface area contributed by atoms with Crippen molar-refractivity contribution in [1.29, 1.82) is 0 Å². The average molecular weight is 276 g/mol. The zero-order valence-corrected chi connectivity index (χ0v) is 11.3. The second kappa shape index (κ2) is 5.60. The second-order valence-electron chi connectivity index (χ2n) is 4.40. The van der Waals surface area contributed by atoms with E-state index in [0.717, 1.165) is 5.56 Å². The van der Waals surface area contributed by atoms with E-state index in [1.165, 1.54) is 4.68 Å². The van der Waals surface area contributed by atoms with E-state index in [-0.39, 0.29) is 11.4 Å². The number of nitro groups is 1. The van der Waals surface area contributed by atoms with Crippen molar-refractivity contribution in [2.45, 2.75) is 19.9 Å². The highest BCUT2D eigenvalue weighted by Gasteiger charge is 2.25. The quantitative estimate of drug-likeness (QED) is 0.645. The largest absolute Gasteiger partial charge is 0.508 e. The molecule has 1 aromatic heterocycles. The molecule has 0 aliphatic heterocycles. The lowest BCUT2D eigenvalue weighted by molar-refractivity contribution is -0.384. The fourth-order valence-electron chi connectivity index (χ4n) is 2.00. The molecule has 106 valence electrons. The Bertz CT molecular complexity index is 619. The molecule has 2 N–H and O–H groups in total. The van der Waals surface area contributed by atoms with E-state index in [4.69, 9.17) is 0 Å². The zero-order chi connectivity index (χ0) is 14.7. The Morgan fingerprint density at radius 3 is 2.60 bits per heavy atom. The maximum absolute atomic E-state index is 11.1. The van der Waals surface area contributed by atoms with E-state index in [1.807, 2.05) is 6.92 Å². The smallest absolute Gasteiger partial charge is 0.333 e. The van der Waals surface area contributed by atoms with Gasteiger partial charge in [0.1, 0.15) is 11.4 Å². The number of phenolic OH excluding ortho intramolecular Hbond substituents is 1. The molecule has 1 aromatic carbocycles. The number of anilines is 1. The Morgan fingerprint density at radius 1 is 1.40 bits per heavy atom. The number of aryl methyl sites for hydroxylation is 2. The number of hydrogen-bond acceptors (Lipinski definition) is 5. The summed E-state index contributed by atoms with van der Waals surface area (Å²) in [4.78, 5) is 10.7. The fraction of sp³-hybridized carbons (Fsp3) is 0.308. The molecule has 1 heterocycles. The van der Waals surface area contributed by atoms with Gasteiger partial charge in [-0.25, -0.2) is 4.68 Å². The molecule has 0 saturated carbocycles. The minimum Gasteiger partial charge on any atom is -0.508 e. The van der Waals surface area contributed by atoms with Gasteiger partial charge in [-0.05, 0) is 24.1 Å². The number of phenols is 1. The van der Waals surface area contributed by atoms with Crippen LogP contribution < -0.4 is 5.32 Å². The van der Waals surface area contributed by atoms with Gasteiger partial charge in [0.15, 0.2) is 0 Å². The molecule has 0 aliphatic carbocycles. The van der Waals surface area contributed by atoms with Crippen LogP contribution in [0.15, 0.2) is 24.3 Å². The first-order valence-electron chi connectivity index (χ1n) is 6.25. The van der Waals surface area contributed by atoms with Gasteiger partial charge in [-0.3, -0.25) is 10.1 Å². The summed E-state index contributed by atoms with van der Waals surface area (Å²) in [6, 6.07) is 6.66. The minimum absolute atomic E-state index is 0.0220. The second-order valence-corrected chi connectivity index (χ2v) is 4.40. The minimum atomic E-state index is -0.412. The number of aromatic hydroxyl groups is 1. The molecule has 0 unspecified atom stereocenters. The van der Waals surface area contributed by atoms with Crippen LogP contribution in [-0.4, -0.2) is 19.8 Å². The van der Waals surface area contributed by atoms with Gasteiger partial charge in [-0.15, -0.1) is 0 Å². The molecule has 0 bridgehead atoms. The monoisotopic (exact) mass is 276 g/mol. The van der Waals surface area contributed by atoms with Gasteiger partial charge in [-0.2, -0.15) is 5.10 Å². The van der Waals surface area contributed by atoms with E-state index in [9.17, 15) is 15.2 Å². The van der Waals surface area contributed by atoms with Crippen LogP contribution in [0.3, 0.4) is 0 Å². The first-order chi connectivity index (χ1) is 9.52. The molecule has 7 heteroatoms. The molecule has 2 rings (SSSR count). The summed E-state index contributed by atoms with van der Waals surface area (Å²) in [5, 5.41) is 27.5. The predicted molar refractivity (Wildman–Crippen MR) is 74.7 cm³/mol. The summed E-state index contributed by atoms with van der Waals surface area (Å²) in [7, 11) is 1.67. The Hall–Kier alpha value is -2.57. The van der Waals surface area contributed by atoms with Gasteiger partial charge < -0.3 is 10.4 Å². The number of aromatic nitrogens is 2. The highest BCUT2D eigenvalue weighted by molar-refractivity contribution is 5.60. The molecule has 0 radical (unpaired) electrons. The van der Waals surface area contributed by atoms with Crippen LogP contribution >= 0.6 is 0 Å². The van der Waals surface area contributed by atoms with E-state index in [1.54, 1.807) is 31.3 Å². The van der Waals surface area contributed by atoms with Crippen LogP contribution in [0.25, 0.3) is 0 Å². The molecule has 0 saturated heterocycles. The molecule has 20 heavy (non-hydrogen) atoms. The lowest BCUT2D eigenvalue weighted by Crippen LogP contribution is -2.06. The van der Waals surface area contributed by atoms with Crippen molar-refractivity contribution in [3.8, 4) is 5.75 Å². The highest BCUT2D eigenvalue weighted by atomic mass is 16.6. The van der Waals surface area contributed by atoms with Crippen molar-refractivity contribution < 1.29 is 10.0 Å². The van der Waals surface area contributed by atoms with E-state index in [2.05, 4.69) is 10.4 Å². The molecular weight excluding hydrogens is 260 g/mol. The molecule has 0 amide bonds. The highest BCUT2D eigenvalue weighted by Crippen LogP contribution is 2.28. The molecule has 0 fully saturated rings. The van der Waals surface area contributed by atoms with Gasteiger partial charge in [0.25, 0.3) is 0 Å². The van der Waals surface area contributed by atoms with Gasteiger partial charge >= 0.3 is 5.69 Å². The summed E-state index contributed by atoms with van der Waals surface area (Å²) in [5.41, 5.74) is 1.40. The number of nitrogens with one attached hydrogen (secondary N) is 1. The molecule has 0 spiro atoms. The fourth-order valence-corrected chi connectivity index (χ4v) is 2.00. The third kappa shape index (κ3) is 2.71. The molecule has 0 atom stereocenters. The van der Waals surface area contributed by atoms with Gasteiger partial charge in [0, 0.05) is 13.6 Å². The maximum Gasteiger partial charge on any atom is 0.333 e. The third-order valence-corrected chi connectivity index (χ3v) is 3.01. The SMILES string of the molecule is CCc1nn(C)c(NCc2ccc(O)cc2)c1[N+](=O)[O-]. The van der Waals surface area contributed by atoms with Crippen LogP contribution in [0.4, 0.5) is 11.5 Å². The predicted octanol–water partition coefficient (Wildman–Crippen LogP) is 2.21. The van der Waals surface area contributed by atoms with Crippen LogP contribution in [0.2, 0.25) is 0 Å². The summed E-state index contributed by atoms with van der Waals surface area (Å²) >= 11 is 0. The van der Waals surface area contributed by atoms with Gasteiger partial charge in [0.2, 0.25) is 5.82 Å². The number of rotatable bonds is 5. The number of hydrogen-bond donors (Lipinski definition) is 2. The van der Waals surface area contributed by atoms with E-state index in [0.29, 0.717) is 24.5 Å². The Labute approximate surface area is 116 Å². The normalized spacial score (nSPS) is 10.5. The molecule has 0 aliphatic rings. The zero-order valence-electron chi connectivity index (χ0n) is 11.3. The first kappa shape index (κ1) is 13.9. The van der Waals surface area contributed by atoms with Crippen LogP contribution in [0.1, 0.15) is 18.2 Å². The standard InChI is InChI=1S/C13H16N4O3/c1-3-11-12(17(19)20)13(16(2)15-11)14-8-9-4-6-10(18)7-5-9/h4-7,14,18H,3,8H2,1-2H3. The maximum atomic E-state index is 11.1. The number of nitrogens with zero attached hydrogens (tertiary/aromatic N) is 3. The van der Waals surface area contributed by atoms with Crippen LogP contribution in [-0.2, 0) is 20.0 Å².